The average Bonchev–Trinajstić information content (AvgIpc) is 2.37. The molecule has 8 heteroatoms. The van der Waals surface area contributed by atoms with Crippen LogP contribution in [0.15, 0.2) is 23.1 Å². The summed E-state index contributed by atoms with van der Waals surface area (Å²) in [6.07, 6.45) is 1.04. The molecule has 0 aliphatic heterocycles. The molecule has 0 saturated carbocycles. The normalized spacial score (nSPS) is 12.7. The summed E-state index contributed by atoms with van der Waals surface area (Å²) in [6.45, 7) is 1.84. The second kappa shape index (κ2) is 6.70. The Bertz CT molecular complexity index is 652. The molecule has 6 nitrogen and oxygen atoms in total. The maximum Gasteiger partial charge on any atom is 0.248 e. The first-order chi connectivity index (χ1) is 9.30. The second-order valence-corrected chi connectivity index (χ2v) is 6.28. The molecular weight excluding hydrogens is 302 g/mol. The molecule has 0 aliphatic rings. The number of carbonyl (C=O) groups excluding carboxylic acids is 1. The minimum atomic E-state index is -3.94. The Labute approximate surface area is 122 Å². The molecule has 1 amide bonds. The van der Waals surface area contributed by atoms with Crippen LogP contribution >= 0.6 is 11.6 Å². The molecule has 1 unspecified atom stereocenters. The number of carbonyl (C=O) groups is 1. The van der Waals surface area contributed by atoms with Gasteiger partial charge in [0.1, 0.15) is 6.04 Å². The number of hydrogen-bond donors (Lipinski definition) is 2. The van der Waals surface area contributed by atoms with E-state index in [9.17, 15) is 13.2 Å². The van der Waals surface area contributed by atoms with Gasteiger partial charge in [-0.3, -0.25) is 4.79 Å². The summed E-state index contributed by atoms with van der Waals surface area (Å²) in [5.74, 6) is -0.783. The van der Waals surface area contributed by atoms with Crippen molar-refractivity contribution in [2.45, 2.75) is 30.7 Å². The number of halogens is 1. The van der Waals surface area contributed by atoms with Gasteiger partial charge in [-0.25, -0.2) is 8.42 Å². The minimum absolute atomic E-state index is 0.0122. The van der Waals surface area contributed by atoms with E-state index in [4.69, 9.17) is 22.6 Å². The minimum Gasteiger partial charge on any atom is -0.366 e. The van der Waals surface area contributed by atoms with Crippen LogP contribution in [0.4, 0.5) is 0 Å². The molecule has 0 fully saturated rings. The van der Waals surface area contributed by atoms with Crippen LogP contribution in [0, 0.1) is 11.3 Å². The first-order valence-corrected chi connectivity index (χ1v) is 7.68. The lowest BCUT2D eigenvalue weighted by Crippen LogP contribution is -2.33. The molecule has 0 aromatic heterocycles. The van der Waals surface area contributed by atoms with Crippen LogP contribution in [0.2, 0.25) is 5.02 Å². The van der Waals surface area contributed by atoms with E-state index in [0.717, 1.165) is 6.07 Å². The first-order valence-electron chi connectivity index (χ1n) is 5.82. The highest BCUT2D eigenvalue weighted by atomic mass is 35.5. The van der Waals surface area contributed by atoms with Crippen LogP contribution in [-0.4, -0.2) is 20.4 Å². The molecule has 0 heterocycles. The number of nitrogens with one attached hydrogen (secondary N) is 1. The molecule has 1 rings (SSSR count). The molecule has 1 aromatic rings. The Morgan fingerprint density at radius 1 is 1.50 bits per heavy atom. The predicted octanol–water partition coefficient (Wildman–Crippen LogP) is 1.41. The standard InChI is InChI=1S/C12H14ClN3O3S/c1-2-3-10(7-14)16-20(18,19)11-5-8(12(15)17)4-9(13)6-11/h4-6,10,16H,2-3H2,1H3,(H2,15,17). The fraction of sp³-hybridized carbons (Fsp3) is 0.333. The van der Waals surface area contributed by atoms with E-state index in [1.807, 2.05) is 13.0 Å². The number of hydrogen-bond acceptors (Lipinski definition) is 4. The summed E-state index contributed by atoms with van der Waals surface area (Å²) in [7, 11) is -3.94. The molecule has 0 spiro atoms. The van der Waals surface area contributed by atoms with E-state index in [0.29, 0.717) is 12.8 Å². The molecule has 0 radical (unpaired) electrons. The van der Waals surface area contributed by atoms with Crippen molar-refractivity contribution in [3.8, 4) is 6.07 Å². The van der Waals surface area contributed by atoms with E-state index >= 15 is 0 Å². The summed E-state index contributed by atoms with van der Waals surface area (Å²) >= 11 is 5.77. The lowest BCUT2D eigenvalue weighted by atomic mass is 10.2. The maximum atomic E-state index is 12.1. The third-order valence-corrected chi connectivity index (χ3v) is 4.17. The topological polar surface area (TPSA) is 113 Å². The van der Waals surface area contributed by atoms with Crippen molar-refractivity contribution in [2.24, 2.45) is 5.73 Å². The molecule has 1 atom stereocenters. The van der Waals surface area contributed by atoms with Crippen molar-refractivity contribution >= 4 is 27.5 Å². The Morgan fingerprint density at radius 2 is 2.15 bits per heavy atom. The number of amides is 1. The Hall–Kier alpha value is -1.62. The van der Waals surface area contributed by atoms with E-state index in [2.05, 4.69) is 4.72 Å². The third-order valence-electron chi connectivity index (χ3n) is 2.50. The zero-order valence-corrected chi connectivity index (χ0v) is 12.3. The third kappa shape index (κ3) is 4.20. The van der Waals surface area contributed by atoms with Crippen LogP contribution in [0.25, 0.3) is 0 Å². The van der Waals surface area contributed by atoms with Crippen LogP contribution < -0.4 is 10.5 Å². The van der Waals surface area contributed by atoms with E-state index < -0.39 is 22.0 Å². The Morgan fingerprint density at radius 3 is 2.65 bits per heavy atom. The van der Waals surface area contributed by atoms with Crippen LogP contribution in [0.1, 0.15) is 30.1 Å². The SMILES string of the molecule is CCCC(C#N)NS(=O)(=O)c1cc(Cl)cc(C(N)=O)c1. The smallest absolute Gasteiger partial charge is 0.248 e. The van der Waals surface area contributed by atoms with Gasteiger partial charge in [0, 0.05) is 10.6 Å². The van der Waals surface area contributed by atoms with Crippen molar-refractivity contribution in [3.05, 3.63) is 28.8 Å². The van der Waals surface area contributed by atoms with Gasteiger partial charge in [0.05, 0.1) is 11.0 Å². The molecule has 108 valence electrons. The summed E-state index contributed by atoms with van der Waals surface area (Å²) in [5.41, 5.74) is 5.09. The number of nitriles is 1. The lowest BCUT2D eigenvalue weighted by molar-refractivity contribution is 0.1000. The zero-order valence-electron chi connectivity index (χ0n) is 10.8. The molecule has 0 saturated heterocycles. The van der Waals surface area contributed by atoms with Crippen molar-refractivity contribution < 1.29 is 13.2 Å². The monoisotopic (exact) mass is 315 g/mol. The van der Waals surface area contributed by atoms with Gasteiger partial charge in [-0.05, 0) is 24.6 Å². The van der Waals surface area contributed by atoms with Gasteiger partial charge in [0.15, 0.2) is 0 Å². The molecule has 3 N–H and O–H groups in total. The fourth-order valence-electron chi connectivity index (χ4n) is 1.55. The summed E-state index contributed by atoms with van der Waals surface area (Å²) in [6, 6.07) is 4.62. The van der Waals surface area contributed by atoms with Gasteiger partial charge < -0.3 is 5.73 Å². The van der Waals surface area contributed by atoms with Crippen LogP contribution in [0.3, 0.4) is 0 Å². The summed E-state index contributed by atoms with van der Waals surface area (Å²) in [4.78, 5) is 10.9. The highest BCUT2D eigenvalue weighted by Gasteiger charge is 2.21. The molecule has 0 bridgehead atoms. The molecule has 1 aromatic carbocycles. The predicted molar refractivity (Wildman–Crippen MR) is 74.6 cm³/mol. The van der Waals surface area contributed by atoms with Crippen LogP contribution in [-0.2, 0) is 10.0 Å². The van der Waals surface area contributed by atoms with E-state index in [1.54, 1.807) is 0 Å². The van der Waals surface area contributed by atoms with Gasteiger partial charge in [-0.2, -0.15) is 9.98 Å². The number of benzene rings is 1. The lowest BCUT2D eigenvalue weighted by Gasteiger charge is -2.12. The maximum absolute atomic E-state index is 12.1. The quantitative estimate of drug-likeness (QED) is 0.826. The number of rotatable bonds is 6. The van der Waals surface area contributed by atoms with Crippen molar-refractivity contribution in [3.63, 3.8) is 0 Å². The molecular formula is C12H14ClN3O3S. The number of nitrogens with zero attached hydrogens (tertiary/aromatic N) is 1. The average molecular weight is 316 g/mol. The Kier molecular flexibility index (Phi) is 5.51. The van der Waals surface area contributed by atoms with Crippen molar-refractivity contribution in [1.82, 2.24) is 4.72 Å². The van der Waals surface area contributed by atoms with Gasteiger partial charge in [-0.15, -0.1) is 0 Å². The first kappa shape index (κ1) is 16.4. The highest BCUT2D eigenvalue weighted by molar-refractivity contribution is 7.89. The largest absolute Gasteiger partial charge is 0.366 e. The second-order valence-electron chi connectivity index (χ2n) is 4.13. The van der Waals surface area contributed by atoms with Gasteiger partial charge in [0.25, 0.3) is 0 Å². The summed E-state index contributed by atoms with van der Waals surface area (Å²) < 4.78 is 26.5. The molecule has 20 heavy (non-hydrogen) atoms. The summed E-state index contributed by atoms with van der Waals surface area (Å²) in [5, 5.41) is 8.96. The molecule has 0 aliphatic carbocycles. The number of sulfonamides is 1. The van der Waals surface area contributed by atoms with Crippen LogP contribution in [0.5, 0.6) is 0 Å². The van der Waals surface area contributed by atoms with Gasteiger partial charge in [0.2, 0.25) is 15.9 Å². The van der Waals surface area contributed by atoms with E-state index in [1.165, 1.54) is 12.1 Å². The number of primary amides is 1. The zero-order chi connectivity index (χ0) is 15.3. The fourth-order valence-corrected chi connectivity index (χ4v) is 3.10. The number of nitrogens with two attached hydrogens (primary N) is 1. The van der Waals surface area contributed by atoms with Crippen molar-refractivity contribution in [1.29, 1.82) is 5.26 Å². The van der Waals surface area contributed by atoms with Gasteiger partial charge >= 0.3 is 0 Å². The Balaban J connectivity index is 3.16. The van der Waals surface area contributed by atoms with Crippen molar-refractivity contribution in [2.75, 3.05) is 0 Å². The highest BCUT2D eigenvalue weighted by Crippen LogP contribution is 2.19. The van der Waals surface area contributed by atoms with E-state index in [-0.39, 0.29) is 15.5 Å². The van der Waals surface area contributed by atoms with Gasteiger partial charge in [-0.1, -0.05) is 24.9 Å².